The van der Waals surface area contributed by atoms with Crippen LogP contribution in [0.3, 0.4) is 0 Å². The van der Waals surface area contributed by atoms with E-state index in [0.717, 1.165) is 0 Å². The molecule has 0 spiro atoms. The Bertz CT molecular complexity index is 363. The normalized spacial score (nSPS) is 11.3. The van der Waals surface area contributed by atoms with Crippen molar-refractivity contribution < 1.29 is 10.2 Å². The molecule has 15 heavy (non-hydrogen) atoms. The topological polar surface area (TPSA) is 90.3 Å². The van der Waals surface area contributed by atoms with Gasteiger partial charge in [0.25, 0.3) is 0 Å². The second-order valence-corrected chi connectivity index (χ2v) is 2.97. The number of benzene rings is 1. The number of phenols is 1. The summed E-state index contributed by atoms with van der Waals surface area (Å²) in [6.45, 7) is -0.0443. The van der Waals surface area contributed by atoms with E-state index in [1.54, 1.807) is 12.1 Å². The van der Waals surface area contributed by atoms with Gasteiger partial charge in [-0.05, 0) is 12.5 Å². The van der Waals surface area contributed by atoms with Crippen molar-refractivity contribution in [3.8, 4) is 11.8 Å². The third-order valence-corrected chi connectivity index (χ3v) is 2.03. The van der Waals surface area contributed by atoms with Gasteiger partial charge in [0.15, 0.2) is 0 Å². The molecule has 5 heteroatoms. The van der Waals surface area contributed by atoms with Crippen molar-refractivity contribution in [1.29, 1.82) is 5.26 Å². The second-order valence-electron chi connectivity index (χ2n) is 2.97. The zero-order valence-corrected chi connectivity index (χ0v) is 8.87. The highest BCUT2D eigenvalue weighted by Crippen LogP contribution is 2.27. The maximum atomic E-state index is 9.60. The van der Waals surface area contributed by atoms with Gasteiger partial charge in [-0.25, -0.2) is 0 Å². The van der Waals surface area contributed by atoms with Crippen LogP contribution in [0.5, 0.6) is 5.75 Å². The summed E-state index contributed by atoms with van der Waals surface area (Å²) < 4.78 is 0. The fourth-order valence-corrected chi connectivity index (χ4v) is 1.25. The number of nitriles is 1. The van der Waals surface area contributed by atoms with Gasteiger partial charge in [-0.2, -0.15) is 5.26 Å². The van der Waals surface area contributed by atoms with E-state index in [1.807, 2.05) is 6.07 Å². The lowest BCUT2D eigenvalue weighted by atomic mass is 10.0. The Kier molecular flexibility index (Phi) is 5.72. The Labute approximate surface area is 94.4 Å². The number of nitrogens with two attached hydrogens (primary N) is 1. The molecule has 0 aromatic heterocycles. The molecule has 0 radical (unpaired) electrons. The largest absolute Gasteiger partial charge is 0.506 e. The number of phenolic OH excluding ortho intramolecular Hbond substituents is 1. The van der Waals surface area contributed by atoms with Gasteiger partial charge >= 0.3 is 0 Å². The van der Waals surface area contributed by atoms with Crippen LogP contribution in [0.15, 0.2) is 18.2 Å². The van der Waals surface area contributed by atoms with Gasteiger partial charge in [0, 0.05) is 18.2 Å². The highest BCUT2D eigenvalue weighted by molar-refractivity contribution is 5.85. The van der Waals surface area contributed by atoms with E-state index in [0.29, 0.717) is 12.0 Å². The minimum atomic E-state index is -0.437. The molecule has 0 fully saturated rings. The molecule has 0 bridgehead atoms. The summed E-state index contributed by atoms with van der Waals surface area (Å²) in [5.74, 6) is -0.0871. The summed E-state index contributed by atoms with van der Waals surface area (Å²) in [7, 11) is 0. The summed E-state index contributed by atoms with van der Waals surface area (Å²) in [6, 6.07) is 6.25. The number of hydrogen-bond donors (Lipinski definition) is 3. The predicted octanol–water partition coefficient (Wildman–Crippen LogP) is 1.07. The van der Waals surface area contributed by atoms with E-state index < -0.39 is 6.04 Å². The van der Waals surface area contributed by atoms with Gasteiger partial charge in [-0.3, -0.25) is 0 Å². The number of aromatic hydroxyl groups is 1. The number of para-hydroxylation sites is 1. The molecule has 1 atom stereocenters. The summed E-state index contributed by atoms with van der Waals surface area (Å²) in [5.41, 5.74) is 6.40. The Balaban J connectivity index is 0.00000196. The van der Waals surface area contributed by atoms with E-state index in [-0.39, 0.29) is 30.3 Å². The first kappa shape index (κ1) is 13.7. The van der Waals surface area contributed by atoms with Crippen LogP contribution in [0.25, 0.3) is 0 Å². The van der Waals surface area contributed by atoms with Crippen LogP contribution in [0.1, 0.15) is 23.6 Å². The van der Waals surface area contributed by atoms with Crippen molar-refractivity contribution in [3.05, 3.63) is 29.3 Å². The van der Waals surface area contributed by atoms with E-state index >= 15 is 0 Å². The molecular weight excluding hydrogens is 216 g/mol. The molecule has 1 aromatic carbocycles. The van der Waals surface area contributed by atoms with Crippen molar-refractivity contribution in [3.63, 3.8) is 0 Å². The van der Waals surface area contributed by atoms with E-state index in [2.05, 4.69) is 0 Å². The molecule has 0 saturated heterocycles. The Morgan fingerprint density at radius 2 is 2.13 bits per heavy atom. The monoisotopic (exact) mass is 228 g/mol. The lowest BCUT2D eigenvalue weighted by Crippen LogP contribution is -2.12. The number of halogens is 1. The number of aliphatic hydroxyl groups is 1. The van der Waals surface area contributed by atoms with Gasteiger partial charge in [-0.1, -0.05) is 12.1 Å². The van der Waals surface area contributed by atoms with Crippen molar-refractivity contribution in [2.45, 2.75) is 12.5 Å². The van der Waals surface area contributed by atoms with Crippen LogP contribution >= 0.6 is 12.4 Å². The highest BCUT2D eigenvalue weighted by atomic mass is 35.5. The SMILES string of the molecule is Cl.N#Cc1cccc([C@H](N)CCO)c1O. The van der Waals surface area contributed by atoms with Crippen LogP contribution in [-0.4, -0.2) is 16.8 Å². The molecule has 0 heterocycles. The van der Waals surface area contributed by atoms with Crippen LogP contribution in [-0.2, 0) is 0 Å². The second kappa shape index (κ2) is 6.25. The molecule has 4 N–H and O–H groups in total. The molecule has 82 valence electrons. The van der Waals surface area contributed by atoms with Crippen molar-refractivity contribution >= 4 is 12.4 Å². The van der Waals surface area contributed by atoms with Gasteiger partial charge in [-0.15, -0.1) is 12.4 Å². The lowest BCUT2D eigenvalue weighted by molar-refractivity contribution is 0.275. The molecule has 4 nitrogen and oxygen atoms in total. The molecular formula is C10H13ClN2O2. The number of nitrogens with zero attached hydrogens (tertiary/aromatic N) is 1. The molecule has 0 saturated carbocycles. The van der Waals surface area contributed by atoms with Gasteiger partial charge < -0.3 is 15.9 Å². The molecule has 1 aromatic rings. The Morgan fingerprint density at radius 1 is 1.47 bits per heavy atom. The zero-order valence-electron chi connectivity index (χ0n) is 8.05. The standard InChI is InChI=1S/C10H12N2O2.ClH/c11-6-7-2-1-3-8(10(7)14)9(12)4-5-13;/h1-3,9,13-14H,4-5,12H2;1H/t9-;/m1./s1. The lowest BCUT2D eigenvalue weighted by Gasteiger charge is -2.12. The number of hydrogen-bond acceptors (Lipinski definition) is 4. The molecule has 0 amide bonds. The van der Waals surface area contributed by atoms with Crippen molar-refractivity contribution in [1.82, 2.24) is 0 Å². The molecule has 0 aliphatic carbocycles. The van der Waals surface area contributed by atoms with Gasteiger partial charge in [0.1, 0.15) is 11.8 Å². The van der Waals surface area contributed by atoms with E-state index in [1.165, 1.54) is 6.07 Å². The third kappa shape index (κ3) is 3.10. The first-order valence-electron chi connectivity index (χ1n) is 4.29. The summed E-state index contributed by atoms with van der Waals surface area (Å²) in [6.07, 6.45) is 0.364. The average Bonchev–Trinajstić information content (AvgIpc) is 2.18. The minimum absolute atomic E-state index is 0. The predicted molar refractivity (Wildman–Crippen MR) is 58.7 cm³/mol. The summed E-state index contributed by atoms with van der Waals surface area (Å²) >= 11 is 0. The maximum Gasteiger partial charge on any atom is 0.138 e. The zero-order chi connectivity index (χ0) is 10.6. The highest BCUT2D eigenvalue weighted by Gasteiger charge is 2.12. The van der Waals surface area contributed by atoms with E-state index in [9.17, 15) is 5.11 Å². The minimum Gasteiger partial charge on any atom is -0.506 e. The van der Waals surface area contributed by atoms with E-state index in [4.69, 9.17) is 16.1 Å². The Hall–Kier alpha value is -1.28. The Morgan fingerprint density at radius 3 is 2.67 bits per heavy atom. The van der Waals surface area contributed by atoms with Crippen LogP contribution in [0.2, 0.25) is 0 Å². The first-order chi connectivity index (χ1) is 6.70. The first-order valence-corrected chi connectivity index (χ1v) is 4.29. The number of rotatable bonds is 3. The summed E-state index contributed by atoms with van der Waals surface area (Å²) in [4.78, 5) is 0. The molecule has 0 aliphatic heterocycles. The quantitative estimate of drug-likeness (QED) is 0.722. The average molecular weight is 229 g/mol. The molecule has 0 unspecified atom stereocenters. The van der Waals surface area contributed by atoms with Crippen LogP contribution in [0.4, 0.5) is 0 Å². The van der Waals surface area contributed by atoms with Crippen LogP contribution in [0, 0.1) is 11.3 Å². The molecule has 1 rings (SSSR count). The fourth-order valence-electron chi connectivity index (χ4n) is 1.25. The molecule has 0 aliphatic rings. The maximum absolute atomic E-state index is 9.60. The van der Waals surface area contributed by atoms with Crippen molar-refractivity contribution in [2.75, 3.05) is 6.61 Å². The van der Waals surface area contributed by atoms with Gasteiger partial charge in [0.05, 0.1) is 5.56 Å². The van der Waals surface area contributed by atoms with Gasteiger partial charge in [0.2, 0.25) is 0 Å². The van der Waals surface area contributed by atoms with Crippen molar-refractivity contribution in [2.24, 2.45) is 5.73 Å². The fraction of sp³-hybridized carbons (Fsp3) is 0.300. The number of aliphatic hydroxyl groups excluding tert-OH is 1. The summed E-state index contributed by atoms with van der Waals surface area (Å²) in [5, 5.41) is 26.9. The third-order valence-electron chi connectivity index (χ3n) is 2.03. The smallest absolute Gasteiger partial charge is 0.138 e. The van der Waals surface area contributed by atoms with Crippen LogP contribution < -0.4 is 5.73 Å².